The standard InChI is InChI=1S/C22H22F2N2O3/c1-27-20-11-14(4-7-19(20)29-13-15-3-2-10-28-15)12-26-18-8-9-25-22-17(24)6-5-16(23)21(18)22/h4-9,11,15H,2-3,10,12-13H2,1H3,(H,25,26). The molecule has 0 bridgehead atoms. The van der Waals surface area contributed by atoms with E-state index in [1.54, 1.807) is 13.2 Å². The van der Waals surface area contributed by atoms with E-state index in [1.165, 1.54) is 6.20 Å². The Balaban J connectivity index is 1.49. The maximum atomic E-state index is 14.2. The lowest BCUT2D eigenvalue weighted by molar-refractivity contribution is 0.0669. The number of rotatable bonds is 7. The van der Waals surface area contributed by atoms with Crippen LogP contribution in [0.15, 0.2) is 42.6 Å². The summed E-state index contributed by atoms with van der Waals surface area (Å²) in [5.74, 6) is 0.181. The molecule has 1 aliphatic rings. The summed E-state index contributed by atoms with van der Waals surface area (Å²) in [5, 5.41) is 3.29. The van der Waals surface area contributed by atoms with Gasteiger partial charge in [0, 0.05) is 25.0 Å². The molecule has 1 fully saturated rings. The van der Waals surface area contributed by atoms with Crippen molar-refractivity contribution in [2.24, 2.45) is 0 Å². The van der Waals surface area contributed by atoms with E-state index in [2.05, 4.69) is 10.3 Å². The van der Waals surface area contributed by atoms with Gasteiger partial charge in [-0.2, -0.15) is 0 Å². The highest BCUT2D eigenvalue weighted by molar-refractivity contribution is 5.91. The lowest BCUT2D eigenvalue weighted by atomic mass is 10.1. The van der Waals surface area contributed by atoms with Crippen LogP contribution < -0.4 is 14.8 Å². The average Bonchev–Trinajstić information content (AvgIpc) is 3.27. The second-order valence-electron chi connectivity index (χ2n) is 6.90. The third kappa shape index (κ3) is 4.24. The van der Waals surface area contributed by atoms with Crippen LogP contribution >= 0.6 is 0 Å². The Kier molecular flexibility index (Phi) is 5.76. The quantitative estimate of drug-likeness (QED) is 0.624. The van der Waals surface area contributed by atoms with Gasteiger partial charge in [0.25, 0.3) is 0 Å². The first-order valence-electron chi connectivity index (χ1n) is 9.53. The topological polar surface area (TPSA) is 52.6 Å². The Hall–Kier alpha value is -2.93. The summed E-state index contributed by atoms with van der Waals surface area (Å²) in [7, 11) is 1.58. The third-order valence-electron chi connectivity index (χ3n) is 4.95. The van der Waals surface area contributed by atoms with E-state index in [9.17, 15) is 8.78 Å². The molecule has 2 heterocycles. The summed E-state index contributed by atoms with van der Waals surface area (Å²) in [6.07, 6.45) is 3.64. The van der Waals surface area contributed by atoms with Crippen molar-refractivity contribution in [3.05, 3.63) is 59.8 Å². The fourth-order valence-corrected chi connectivity index (χ4v) is 3.44. The van der Waals surface area contributed by atoms with E-state index in [1.807, 2.05) is 18.2 Å². The summed E-state index contributed by atoms with van der Waals surface area (Å²) in [6, 6.07) is 9.41. The number of methoxy groups -OCH3 is 1. The molecular weight excluding hydrogens is 378 g/mol. The number of ether oxygens (including phenoxy) is 3. The van der Waals surface area contributed by atoms with Gasteiger partial charge >= 0.3 is 0 Å². The van der Waals surface area contributed by atoms with Crippen molar-refractivity contribution < 1.29 is 23.0 Å². The summed E-state index contributed by atoms with van der Waals surface area (Å²) in [4.78, 5) is 3.95. The van der Waals surface area contributed by atoms with Crippen molar-refractivity contribution in [1.82, 2.24) is 4.98 Å². The first-order chi connectivity index (χ1) is 14.2. The van der Waals surface area contributed by atoms with Crippen molar-refractivity contribution in [2.75, 3.05) is 25.6 Å². The number of fused-ring (bicyclic) bond motifs is 1. The van der Waals surface area contributed by atoms with Crippen LogP contribution in [0.5, 0.6) is 11.5 Å². The van der Waals surface area contributed by atoms with Crippen molar-refractivity contribution in [3.63, 3.8) is 0 Å². The maximum absolute atomic E-state index is 14.2. The minimum Gasteiger partial charge on any atom is -0.493 e. The van der Waals surface area contributed by atoms with Crippen LogP contribution in [-0.4, -0.2) is 31.4 Å². The maximum Gasteiger partial charge on any atom is 0.161 e. The van der Waals surface area contributed by atoms with Gasteiger partial charge in [0.15, 0.2) is 11.5 Å². The number of anilines is 1. The molecule has 1 unspecified atom stereocenters. The fraction of sp³-hybridized carbons (Fsp3) is 0.318. The molecule has 0 aliphatic carbocycles. The molecular formula is C22H22F2N2O3. The fourth-order valence-electron chi connectivity index (χ4n) is 3.44. The number of hydrogen-bond acceptors (Lipinski definition) is 5. The molecule has 1 atom stereocenters. The van der Waals surface area contributed by atoms with Gasteiger partial charge in [-0.25, -0.2) is 8.78 Å². The van der Waals surface area contributed by atoms with Crippen molar-refractivity contribution in [2.45, 2.75) is 25.5 Å². The zero-order valence-corrected chi connectivity index (χ0v) is 16.1. The van der Waals surface area contributed by atoms with E-state index in [4.69, 9.17) is 14.2 Å². The molecule has 1 saturated heterocycles. The van der Waals surface area contributed by atoms with Crippen molar-refractivity contribution in [3.8, 4) is 11.5 Å². The third-order valence-corrected chi connectivity index (χ3v) is 4.95. The molecule has 1 aromatic heterocycles. The zero-order valence-electron chi connectivity index (χ0n) is 16.1. The first-order valence-corrected chi connectivity index (χ1v) is 9.53. The van der Waals surface area contributed by atoms with Crippen molar-refractivity contribution in [1.29, 1.82) is 0 Å². The van der Waals surface area contributed by atoms with E-state index < -0.39 is 11.6 Å². The van der Waals surface area contributed by atoms with Gasteiger partial charge in [-0.1, -0.05) is 6.07 Å². The molecule has 152 valence electrons. The van der Waals surface area contributed by atoms with Crippen LogP contribution in [0.3, 0.4) is 0 Å². The summed E-state index contributed by atoms with van der Waals surface area (Å²) < 4.78 is 45.1. The van der Waals surface area contributed by atoms with Gasteiger partial charge < -0.3 is 19.5 Å². The molecule has 29 heavy (non-hydrogen) atoms. The van der Waals surface area contributed by atoms with Gasteiger partial charge in [0.1, 0.15) is 23.8 Å². The molecule has 7 heteroatoms. The molecule has 3 aromatic rings. The molecule has 4 rings (SSSR count). The highest BCUT2D eigenvalue weighted by Crippen LogP contribution is 2.30. The highest BCUT2D eigenvalue weighted by Gasteiger charge is 2.17. The second kappa shape index (κ2) is 8.61. The molecule has 0 saturated carbocycles. The summed E-state index contributed by atoms with van der Waals surface area (Å²) in [6.45, 7) is 1.67. The molecule has 1 N–H and O–H groups in total. The summed E-state index contributed by atoms with van der Waals surface area (Å²) in [5.41, 5.74) is 1.39. The highest BCUT2D eigenvalue weighted by atomic mass is 19.1. The van der Waals surface area contributed by atoms with Crippen LogP contribution in [0.1, 0.15) is 18.4 Å². The Labute approximate surface area is 167 Å². The number of nitrogens with zero attached hydrogens (tertiary/aromatic N) is 1. The Morgan fingerprint density at radius 3 is 2.79 bits per heavy atom. The van der Waals surface area contributed by atoms with Gasteiger partial charge in [0.2, 0.25) is 0 Å². The number of pyridine rings is 1. The number of benzene rings is 2. The largest absolute Gasteiger partial charge is 0.493 e. The number of halogens is 2. The molecule has 0 amide bonds. The molecule has 0 radical (unpaired) electrons. The van der Waals surface area contributed by atoms with E-state index in [0.29, 0.717) is 30.3 Å². The smallest absolute Gasteiger partial charge is 0.161 e. The van der Waals surface area contributed by atoms with Crippen LogP contribution in [0.25, 0.3) is 10.9 Å². The average molecular weight is 400 g/mol. The molecule has 5 nitrogen and oxygen atoms in total. The number of hydrogen-bond donors (Lipinski definition) is 1. The monoisotopic (exact) mass is 400 g/mol. The Morgan fingerprint density at radius 1 is 1.14 bits per heavy atom. The molecule has 2 aromatic carbocycles. The normalized spacial score (nSPS) is 16.2. The molecule has 0 spiro atoms. The van der Waals surface area contributed by atoms with E-state index in [0.717, 1.165) is 37.1 Å². The Bertz CT molecular complexity index is 1010. The van der Waals surface area contributed by atoms with E-state index in [-0.39, 0.29) is 17.0 Å². The van der Waals surface area contributed by atoms with Crippen LogP contribution in [0.2, 0.25) is 0 Å². The van der Waals surface area contributed by atoms with Gasteiger partial charge in [0.05, 0.1) is 18.6 Å². The van der Waals surface area contributed by atoms with Crippen LogP contribution in [-0.2, 0) is 11.3 Å². The predicted molar refractivity (Wildman–Crippen MR) is 106 cm³/mol. The lowest BCUT2D eigenvalue weighted by Gasteiger charge is -2.15. The summed E-state index contributed by atoms with van der Waals surface area (Å²) >= 11 is 0. The van der Waals surface area contributed by atoms with Crippen LogP contribution in [0.4, 0.5) is 14.5 Å². The van der Waals surface area contributed by atoms with Crippen LogP contribution in [0, 0.1) is 11.6 Å². The first kappa shape index (κ1) is 19.4. The second-order valence-corrected chi connectivity index (χ2v) is 6.90. The predicted octanol–water partition coefficient (Wildman–Crippen LogP) is 4.69. The number of nitrogens with one attached hydrogen (secondary N) is 1. The van der Waals surface area contributed by atoms with Gasteiger partial charge in [-0.05, 0) is 48.7 Å². The van der Waals surface area contributed by atoms with Gasteiger partial charge in [-0.15, -0.1) is 0 Å². The SMILES string of the molecule is COc1cc(CNc2ccnc3c(F)ccc(F)c23)ccc1OCC1CCCO1. The number of aromatic nitrogens is 1. The minimum atomic E-state index is -0.556. The van der Waals surface area contributed by atoms with Gasteiger partial charge in [-0.3, -0.25) is 4.98 Å². The Morgan fingerprint density at radius 2 is 2.00 bits per heavy atom. The lowest BCUT2D eigenvalue weighted by Crippen LogP contribution is -2.16. The van der Waals surface area contributed by atoms with E-state index >= 15 is 0 Å². The molecule has 1 aliphatic heterocycles. The zero-order chi connectivity index (χ0) is 20.2. The van der Waals surface area contributed by atoms with Crippen molar-refractivity contribution >= 4 is 16.6 Å². The minimum absolute atomic E-state index is 0.00506.